The lowest BCUT2D eigenvalue weighted by molar-refractivity contribution is -0.116. The summed E-state index contributed by atoms with van der Waals surface area (Å²) >= 11 is 5.95. The number of Topliss-reactive ketones (excluding diaryl/α,β-unsaturated/α-hetero) is 1. The Labute approximate surface area is 121 Å². The molecule has 0 fully saturated rings. The summed E-state index contributed by atoms with van der Waals surface area (Å²) in [5, 5.41) is 0.495. The fourth-order valence-corrected chi connectivity index (χ4v) is 2.78. The maximum Gasteiger partial charge on any atom is 0.224 e. The van der Waals surface area contributed by atoms with Gasteiger partial charge in [0.2, 0.25) is 5.91 Å². The molecule has 0 aliphatic carbocycles. The van der Waals surface area contributed by atoms with Crippen molar-refractivity contribution in [3.05, 3.63) is 64.7 Å². The summed E-state index contributed by atoms with van der Waals surface area (Å²) < 4.78 is 0. The Morgan fingerprint density at radius 1 is 1.15 bits per heavy atom. The van der Waals surface area contributed by atoms with Crippen molar-refractivity contribution < 1.29 is 9.59 Å². The van der Waals surface area contributed by atoms with Crippen molar-refractivity contribution in [3.8, 4) is 0 Å². The number of rotatable bonds is 1. The molecule has 20 heavy (non-hydrogen) atoms. The van der Waals surface area contributed by atoms with E-state index < -0.39 is 6.04 Å². The first-order valence-corrected chi connectivity index (χ1v) is 6.66. The molecule has 0 saturated heterocycles. The van der Waals surface area contributed by atoms with E-state index in [0.717, 1.165) is 5.56 Å². The van der Waals surface area contributed by atoms with Gasteiger partial charge in [0.15, 0.2) is 5.78 Å². The SMILES string of the molecule is CC(=O)N1c2ccc(Cl)cc2C(=O)C1c1ccccc1. The summed E-state index contributed by atoms with van der Waals surface area (Å²) in [4.78, 5) is 26.1. The molecule has 0 radical (unpaired) electrons. The molecule has 0 saturated carbocycles. The molecule has 0 spiro atoms. The highest BCUT2D eigenvalue weighted by Crippen LogP contribution is 2.41. The topological polar surface area (TPSA) is 37.4 Å². The second kappa shape index (κ2) is 4.76. The number of hydrogen-bond donors (Lipinski definition) is 0. The molecule has 1 atom stereocenters. The van der Waals surface area contributed by atoms with Crippen LogP contribution in [0.4, 0.5) is 5.69 Å². The zero-order valence-electron chi connectivity index (χ0n) is 10.8. The largest absolute Gasteiger partial charge is 0.297 e. The van der Waals surface area contributed by atoms with E-state index in [0.29, 0.717) is 16.3 Å². The molecule has 100 valence electrons. The number of benzene rings is 2. The first-order chi connectivity index (χ1) is 9.59. The molecule has 3 rings (SSSR count). The maximum atomic E-state index is 12.6. The van der Waals surface area contributed by atoms with E-state index in [4.69, 9.17) is 11.6 Å². The maximum absolute atomic E-state index is 12.6. The fraction of sp³-hybridized carbons (Fsp3) is 0.125. The average Bonchev–Trinajstić information content (AvgIpc) is 2.73. The Hall–Kier alpha value is -2.13. The van der Waals surface area contributed by atoms with E-state index in [1.54, 1.807) is 18.2 Å². The second-order valence-electron chi connectivity index (χ2n) is 4.73. The lowest BCUT2D eigenvalue weighted by Gasteiger charge is -2.23. The van der Waals surface area contributed by atoms with Crippen LogP contribution in [0.2, 0.25) is 5.02 Å². The predicted molar refractivity (Wildman–Crippen MR) is 78.1 cm³/mol. The van der Waals surface area contributed by atoms with Gasteiger partial charge in [0.05, 0.1) is 5.69 Å². The zero-order chi connectivity index (χ0) is 14.3. The van der Waals surface area contributed by atoms with Crippen LogP contribution in [0.15, 0.2) is 48.5 Å². The molecule has 1 heterocycles. The lowest BCUT2D eigenvalue weighted by Crippen LogP contribution is -2.31. The second-order valence-corrected chi connectivity index (χ2v) is 5.16. The number of halogens is 1. The molecule has 1 aliphatic heterocycles. The van der Waals surface area contributed by atoms with Crippen molar-refractivity contribution in [3.63, 3.8) is 0 Å². The van der Waals surface area contributed by atoms with Gasteiger partial charge in [-0.05, 0) is 23.8 Å². The molecule has 0 N–H and O–H groups in total. The summed E-state index contributed by atoms with van der Waals surface area (Å²) in [7, 11) is 0. The molecule has 0 bridgehead atoms. The van der Waals surface area contributed by atoms with Crippen LogP contribution in [-0.2, 0) is 4.79 Å². The Bertz CT molecular complexity index is 697. The number of nitrogens with zero attached hydrogens (tertiary/aromatic N) is 1. The summed E-state index contributed by atoms with van der Waals surface area (Å²) in [6.45, 7) is 1.47. The van der Waals surface area contributed by atoms with E-state index in [1.807, 2.05) is 30.3 Å². The molecular formula is C16H12ClNO2. The van der Waals surface area contributed by atoms with Crippen molar-refractivity contribution in [1.82, 2.24) is 0 Å². The van der Waals surface area contributed by atoms with Gasteiger partial charge in [0, 0.05) is 17.5 Å². The van der Waals surface area contributed by atoms with Gasteiger partial charge >= 0.3 is 0 Å². The van der Waals surface area contributed by atoms with Crippen LogP contribution in [0.1, 0.15) is 28.9 Å². The third-order valence-corrected chi connectivity index (χ3v) is 3.68. The highest BCUT2D eigenvalue weighted by molar-refractivity contribution is 6.31. The number of carbonyl (C=O) groups excluding carboxylic acids is 2. The van der Waals surface area contributed by atoms with Crippen LogP contribution in [0.5, 0.6) is 0 Å². The number of anilines is 1. The van der Waals surface area contributed by atoms with Crippen LogP contribution < -0.4 is 4.90 Å². The van der Waals surface area contributed by atoms with Crippen LogP contribution in [-0.4, -0.2) is 11.7 Å². The van der Waals surface area contributed by atoms with E-state index in [1.165, 1.54) is 11.8 Å². The minimum absolute atomic E-state index is 0.0936. The van der Waals surface area contributed by atoms with Crippen LogP contribution in [0, 0.1) is 0 Å². The van der Waals surface area contributed by atoms with Gasteiger partial charge in [-0.15, -0.1) is 0 Å². The van der Waals surface area contributed by atoms with Gasteiger partial charge in [0.25, 0.3) is 0 Å². The summed E-state index contributed by atoms with van der Waals surface area (Å²) in [6, 6.07) is 13.7. The van der Waals surface area contributed by atoms with Gasteiger partial charge in [0.1, 0.15) is 6.04 Å². The van der Waals surface area contributed by atoms with Crippen molar-refractivity contribution >= 4 is 29.0 Å². The number of fused-ring (bicyclic) bond motifs is 1. The normalized spacial score (nSPS) is 17.2. The Balaban J connectivity index is 2.18. The van der Waals surface area contributed by atoms with Gasteiger partial charge < -0.3 is 0 Å². The minimum atomic E-state index is -0.595. The number of ketones is 1. The molecule has 2 aromatic carbocycles. The van der Waals surface area contributed by atoms with E-state index in [-0.39, 0.29) is 11.7 Å². The van der Waals surface area contributed by atoms with E-state index in [9.17, 15) is 9.59 Å². The third kappa shape index (κ3) is 1.91. The van der Waals surface area contributed by atoms with Crippen LogP contribution in [0.25, 0.3) is 0 Å². The fourth-order valence-electron chi connectivity index (χ4n) is 2.61. The monoisotopic (exact) mass is 285 g/mol. The predicted octanol–water partition coefficient (Wildman–Crippen LogP) is 3.63. The minimum Gasteiger partial charge on any atom is -0.297 e. The highest BCUT2D eigenvalue weighted by Gasteiger charge is 2.40. The van der Waals surface area contributed by atoms with Crippen molar-refractivity contribution in [1.29, 1.82) is 0 Å². The summed E-state index contributed by atoms with van der Waals surface area (Å²) in [6.07, 6.45) is 0. The number of amides is 1. The first kappa shape index (κ1) is 12.9. The lowest BCUT2D eigenvalue weighted by atomic mass is 10.0. The Morgan fingerprint density at radius 3 is 2.50 bits per heavy atom. The molecule has 2 aromatic rings. The van der Waals surface area contributed by atoms with Crippen molar-refractivity contribution in [2.75, 3.05) is 4.90 Å². The smallest absolute Gasteiger partial charge is 0.224 e. The van der Waals surface area contributed by atoms with Crippen molar-refractivity contribution in [2.45, 2.75) is 13.0 Å². The van der Waals surface area contributed by atoms with Gasteiger partial charge in [-0.25, -0.2) is 0 Å². The molecule has 4 heteroatoms. The van der Waals surface area contributed by atoms with Gasteiger partial charge in [-0.1, -0.05) is 41.9 Å². The number of carbonyl (C=O) groups is 2. The zero-order valence-corrected chi connectivity index (χ0v) is 11.6. The molecule has 1 amide bonds. The van der Waals surface area contributed by atoms with Crippen molar-refractivity contribution in [2.24, 2.45) is 0 Å². The van der Waals surface area contributed by atoms with Gasteiger partial charge in [-0.2, -0.15) is 0 Å². The van der Waals surface area contributed by atoms with E-state index >= 15 is 0 Å². The first-order valence-electron chi connectivity index (χ1n) is 6.28. The molecule has 0 aromatic heterocycles. The quantitative estimate of drug-likeness (QED) is 0.802. The van der Waals surface area contributed by atoms with Gasteiger partial charge in [-0.3, -0.25) is 14.5 Å². The standard InChI is InChI=1S/C16H12ClNO2/c1-10(19)18-14-8-7-12(17)9-13(14)16(20)15(18)11-5-3-2-4-6-11/h2-9,15H,1H3. The average molecular weight is 286 g/mol. The molecular weight excluding hydrogens is 274 g/mol. The Kier molecular flexibility index (Phi) is 3.07. The van der Waals surface area contributed by atoms with E-state index in [2.05, 4.69) is 0 Å². The summed E-state index contributed by atoms with van der Waals surface area (Å²) in [5.74, 6) is -0.253. The highest BCUT2D eigenvalue weighted by atomic mass is 35.5. The third-order valence-electron chi connectivity index (χ3n) is 3.44. The number of hydrogen-bond acceptors (Lipinski definition) is 2. The molecule has 1 aliphatic rings. The van der Waals surface area contributed by atoms with Crippen LogP contribution >= 0.6 is 11.6 Å². The summed E-state index contributed by atoms with van der Waals surface area (Å²) in [5.41, 5.74) is 1.93. The molecule has 1 unspecified atom stereocenters. The Morgan fingerprint density at radius 2 is 1.85 bits per heavy atom. The molecule has 3 nitrogen and oxygen atoms in total. The van der Waals surface area contributed by atoms with Crippen LogP contribution in [0.3, 0.4) is 0 Å².